The first-order chi connectivity index (χ1) is 13.2. The summed E-state index contributed by atoms with van der Waals surface area (Å²) >= 11 is 0. The SMILES string of the molecule is O=C(CN1CCN(C(=O)C2CCCO2)CC1)NCC1(c2ccccc2)CC1. The molecule has 6 nitrogen and oxygen atoms in total. The van der Waals surface area contributed by atoms with E-state index in [9.17, 15) is 9.59 Å². The molecule has 3 fully saturated rings. The molecule has 0 aromatic heterocycles. The molecule has 1 atom stereocenters. The van der Waals surface area contributed by atoms with E-state index in [0.29, 0.717) is 32.8 Å². The molecule has 1 aliphatic carbocycles. The van der Waals surface area contributed by atoms with Crippen LogP contribution in [0.15, 0.2) is 30.3 Å². The van der Waals surface area contributed by atoms with E-state index in [1.165, 1.54) is 5.56 Å². The third-order valence-electron chi connectivity index (χ3n) is 6.12. The number of rotatable bonds is 6. The minimum atomic E-state index is -0.243. The van der Waals surface area contributed by atoms with Crippen molar-refractivity contribution in [1.82, 2.24) is 15.1 Å². The monoisotopic (exact) mass is 371 g/mol. The summed E-state index contributed by atoms with van der Waals surface area (Å²) in [5, 5.41) is 3.13. The molecular formula is C21H29N3O3. The van der Waals surface area contributed by atoms with Crippen molar-refractivity contribution < 1.29 is 14.3 Å². The maximum atomic E-state index is 12.4. The molecule has 0 radical (unpaired) electrons. The molecule has 146 valence electrons. The number of nitrogens with zero attached hydrogens (tertiary/aromatic N) is 2. The summed E-state index contributed by atoms with van der Waals surface area (Å²) in [6.07, 6.45) is 3.85. The fourth-order valence-electron chi connectivity index (χ4n) is 4.14. The Morgan fingerprint density at radius 1 is 1.11 bits per heavy atom. The first kappa shape index (κ1) is 18.4. The van der Waals surface area contributed by atoms with Crippen molar-refractivity contribution in [2.24, 2.45) is 0 Å². The van der Waals surface area contributed by atoms with Gasteiger partial charge in [-0.1, -0.05) is 30.3 Å². The predicted molar refractivity (Wildman–Crippen MR) is 102 cm³/mol. The largest absolute Gasteiger partial charge is 0.368 e. The molecule has 2 amide bonds. The Kier molecular flexibility index (Phi) is 5.45. The Hall–Kier alpha value is -1.92. The van der Waals surface area contributed by atoms with Crippen molar-refractivity contribution in [3.63, 3.8) is 0 Å². The molecule has 0 spiro atoms. The lowest BCUT2D eigenvalue weighted by Crippen LogP contribution is -2.53. The van der Waals surface area contributed by atoms with Crippen LogP contribution >= 0.6 is 0 Å². The summed E-state index contributed by atoms with van der Waals surface area (Å²) in [7, 11) is 0. The third-order valence-corrected chi connectivity index (χ3v) is 6.12. The van der Waals surface area contributed by atoms with Crippen LogP contribution in [-0.4, -0.2) is 73.6 Å². The van der Waals surface area contributed by atoms with Gasteiger partial charge in [-0.2, -0.15) is 0 Å². The van der Waals surface area contributed by atoms with E-state index >= 15 is 0 Å². The average Bonchev–Trinajstić information content (AvgIpc) is 3.30. The Labute approximate surface area is 160 Å². The molecule has 6 heteroatoms. The zero-order chi connectivity index (χ0) is 18.7. The van der Waals surface area contributed by atoms with Gasteiger partial charge in [-0.05, 0) is 31.2 Å². The number of carbonyl (C=O) groups excluding carboxylic acids is 2. The minimum Gasteiger partial charge on any atom is -0.368 e. The molecule has 1 N–H and O–H groups in total. The van der Waals surface area contributed by atoms with E-state index in [1.807, 2.05) is 11.0 Å². The topological polar surface area (TPSA) is 61.9 Å². The fraction of sp³-hybridized carbons (Fsp3) is 0.619. The smallest absolute Gasteiger partial charge is 0.251 e. The second-order valence-corrected chi connectivity index (χ2v) is 8.03. The van der Waals surface area contributed by atoms with Gasteiger partial charge in [0.1, 0.15) is 6.10 Å². The Morgan fingerprint density at radius 3 is 2.48 bits per heavy atom. The lowest BCUT2D eigenvalue weighted by atomic mass is 9.96. The predicted octanol–water partition coefficient (Wildman–Crippen LogP) is 1.16. The van der Waals surface area contributed by atoms with Crippen LogP contribution in [-0.2, 0) is 19.7 Å². The molecule has 4 rings (SSSR count). The van der Waals surface area contributed by atoms with Gasteiger partial charge in [-0.25, -0.2) is 0 Å². The standard InChI is InChI=1S/C21H29N3O3/c25-19(22-16-21(8-9-21)17-5-2-1-3-6-17)15-23-10-12-24(13-11-23)20(26)18-7-4-14-27-18/h1-3,5-6,18H,4,7-16H2,(H,22,25). The summed E-state index contributed by atoms with van der Waals surface area (Å²) in [5.41, 5.74) is 1.47. The summed E-state index contributed by atoms with van der Waals surface area (Å²) in [6, 6.07) is 10.5. The van der Waals surface area contributed by atoms with E-state index in [-0.39, 0.29) is 23.3 Å². The zero-order valence-electron chi connectivity index (χ0n) is 15.9. The maximum Gasteiger partial charge on any atom is 0.251 e. The first-order valence-corrected chi connectivity index (χ1v) is 10.1. The molecule has 3 aliphatic rings. The van der Waals surface area contributed by atoms with Crippen molar-refractivity contribution in [1.29, 1.82) is 0 Å². The number of amides is 2. The number of ether oxygens (including phenoxy) is 1. The normalized spacial score (nSPS) is 24.6. The van der Waals surface area contributed by atoms with Crippen molar-refractivity contribution in [3.05, 3.63) is 35.9 Å². The van der Waals surface area contributed by atoms with Crippen molar-refractivity contribution in [3.8, 4) is 0 Å². The van der Waals surface area contributed by atoms with Gasteiger partial charge < -0.3 is 15.0 Å². The van der Waals surface area contributed by atoms with Gasteiger partial charge in [-0.3, -0.25) is 14.5 Å². The summed E-state index contributed by atoms with van der Waals surface area (Å²) in [6.45, 7) is 4.67. The van der Waals surface area contributed by atoms with E-state index in [1.54, 1.807) is 0 Å². The molecule has 1 saturated carbocycles. The van der Waals surface area contributed by atoms with Gasteiger partial charge in [0.2, 0.25) is 5.91 Å². The highest BCUT2D eigenvalue weighted by Gasteiger charge is 2.44. The summed E-state index contributed by atoms with van der Waals surface area (Å²) in [4.78, 5) is 28.8. The van der Waals surface area contributed by atoms with Crippen molar-refractivity contribution >= 4 is 11.8 Å². The highest BCUT2D eigenvalue weighted by atomic mass is 16.5. The highest BCUT2D eigenvalue weighted by Crippen LogP contribution is 2.47. The molecule has 1 unspecified atom stereocenters. The van der Waals surface area contributed by atoms with Crippen LogP contribution in [0.1, 0.15) is 31.2 Å². The first-order valence-electron chi connectivity index (χ1n) is 10.1. The van der Waals surface area contributed by atoms with E-state index in [2.05, 4.69) is 34.5 Å². The average molecular weight is 371 g/mol. The van der Waals surface area contributed by atoms with Gasteiger partial charge in [0.05, 0.1) is 6.54 Å². The molecule has 0 bridgehead atoms. The van der Waals surface area contributed by atoms with Crippen molar-refractivity contribution in [2.75, 3.05) is 45.9 Å². The van der Waals surface area contributed by atoms with Crippen LogP contribution in [0.25, 0.3) is 0 Å². The minimum absolute atomic E-state index is 0.0797. The molecule has 1 aromatic rings. The number of hydrogen-bond acceptors (Lipinski definition) is 4. The van der Waals surface area contributed by atoms with Crippen molar-refractivity contribution in [2.45, 2.75) is 37.2 Å². The van der Waals surface area contributed by atoms with Crippen LogP contribution in [0.5, 0.6) is 0 Å². The molecule has 2 heterocycles. The van der Waals surface area contributed by atoms with Crippen LogP contribution in [0.2, 0.25) is 0 Å². The molecule has 2 saturated heterocycles. The number of benzene rings is 1. The van der Waals surface area contributed by atoms with E-state index in [0.717, 1.165) is 38.8 Å². The summed E-state index contributed by atoms with van der Waals surface area (Å²) in [5.74, 6) is 0.200. The molecule has 27 heavy (non-hydrogen) atoms. The Balaban J connectivity index is 1.19. The van der Waals surface area contributed by atoms with Gasteiger partial charge in [0, 0.05) is 44.7 Å². The second-order valence-electron chi connectivity index (χ2n) is 8.03. The van der Waals surface area contributed by atoms with Crippen LogP contribution in [0.3, 0.4) is 0 Å². The Morgan fingerprint density at radius 2 is 1.85 bits per heavy atom. The third kappa shape index (κ3) is 4.33. The van der Waals surface area contributed by atoms with E-state index in [4.69, 9.17) is 4.74 Å². The molecule has 1 aromatic carbocycles. The van der Waals surface area contributed by atoms with Crippen LogP contribution < -0.4 is 5.32 Å². The number of hydrogen-bond donors (Lipinski definition) is 1. The van der Waals surface area contributed by atoms with Crippen LogP contribution in [0, 0.1) is 0 Å². The Bertz CT molecular complexity index is 661. The second kappa shape index (κ2) is 7.98. The lowest BCUT2D eigenvalue weighted by molar-refractivity contribution is -0.142. The lowest BCUT2D eigenvalue weighted by Gasteiger charge is -2.35. The maximum absolute atomic E-state index is 12.4. The van der Waals surface area contributed by atoms with Gasteiger partial charge in [-0.15, -0.1) is 0 Å². The summed E-state index contributed by atoms with van der Waals surface area (Å²) < 4.78 is 5.50. The quantitative estimate of drug-likeness (QED) is 0.815. The number of piperazine rings is 1. The number of nitrogens with one attached hydrogen (secondary N) is 1. The van der Waals surface area contributed by atoms with E-state index < -0.39 is 0 Å². The van der Waals surface area contributed by atoms with Gasteiger partial charge >= 0.3 is 0 Å². The van der Waals surface area contributed by atoms with Crippen LogP contribution in [0.4, 0.5) is 0 Å². The zero-order valence-corrected chi connectivity index (χ0v) is 15.9. The number of carbonyl (C=O) groups is 2. The molecular weight excluding hydrogens is 342 g/mol. The highest BCUT2D eigenvalue weighted by molar-refractivity contribution is 5.81. The van der Waals surface area contributed by atoms with Gasteiger partial charge in [0.25, 0.3) is 5.91 Å². The molecule has 2 aliphatic heterocycles. The fourth-order valence-corrected chi connectivity index (χ4v) is 4.14. The van der Waals surface area contributed by atoms with Gasteiger partial charge in [0.15, 0.2) is 0 Å².